The van der Waals surface area contributed by atoms with Crippen molar-refractivity contribution in [2.24, 2.45) is 0 Å². The number of nitrogens with zero attached hydrogens (tertiary/aromatic N) is 1. The highest BCUT2D eigenvalue weighted by Crippen LogP contribution is 2.10. The molecule has 1 fully saturated rings. The summed E-state index contributed by atoms with van der Waals surface area (Å²) in [4.78, 5) is 2.66. The second-order valence-corrected chi connectivity index (χ2v) is 5.59. The number of allylic oxidation sites excluding steroid dienone is 1. The van der Waals surface area contributed by atoms with Gasteiger partial charge in [-0.2, -0.15) is 0 Å². The smallest absolute Gasteiger partial charge is 0.0195 e. The first-order chi connectivity index (χ1) is 8.86. The van der Waals surface area contributed by atoms with Crippen molar-refractivity contribution in [3.63, 3.8) is 0 Å². The molecule has 1 aliphatic heterocycles. The summed E-state index contributed by atoms with van der Waals surface area (Å²) in [5, 5.41) is 3.66. The highest BCUT2D eigenvalue weighted by Gasteiger charge is 2.15. The van der Waals surface area contributed by atoms with Crippen LogP contribution in [0.25, 0.3) is 0 Å². The minimum absolute atomic E-state index is 0.749. The van der Waals surface area contributed by atoms with Gasteiger partial charge in [0.2, 0.25) is 0 Å². The molecule has 2 nitrogen and oxygen atoms in total. The van der Waals surface area contributed by atoms with Crippen LogP contribution in [-0.2, 0) is 0 Å². The van der Waals surface area contributed by atoms with Crippen LogP contribution < -0.4 is 5.32 Å². The zero-order valence-corrected chi connectivity index (χ0v) is 12.3. The molecular weight excluding hydrogens is 220 g/mol. The molecule has 0 bridgehead atoms. The molecule has 1 rings (SSSR count). The number of piperidine rings is 1. The molecule has 1 unspecified atom stereocenters. The molecule has 106 valence electrons. The lowest BCUT2D eigenvalue weighted by atomic mass is 10.0. The summed E-state index contributed by atoms with van der Waals surface area (Å²) in [5.41, 5.74) is 0. The summed E-state index contributed by atoms with van der Waals surface area (Å²) >= 11 is 0. The van der Waals surface area contributed by atoms with Crippen LogP contribution in [0.3, 0.4) is 0 Å². The minimum atomic E-state index is 0.749. The second kappa shape index (κ2) is 10.6. The first-order valence-corrected chi connectivity index (χ1v) is 7.93. The van der Waals surface area contributed by atoms with Gasteiger partial charge in [-0.15, -0.1) is 6.58 Å². The lowest BCUT2D eigenvalue weighted by molar-refractivity contribution is 0.220. The monoisotopic (exact) mass is 252 g/mol. The Balaban J connectivity index is 2.14. The van der Waals surface area contributed by atoms with Gasteiger partial charge in [-0.05, 0) is 58.2 Å². The van der Waals surface area contributed by atoms with E-state index in [1.54, 1.807) is 0 Å². The molecule has 0 aliphatic carbocycles. The predicted molar refractivity (Wildman–Crippen MR) is 81.0 cm³/mol. The van der Waals surface area contributed by atoms with Crippen LogP contribution in [0, 0.1) is 0 Å². The van der Waals surface area contributed by atoms with Crippen LogP contribution >= 0.6 is 0 Å². The molecule has 1 aliphatic rings. The molecule has 0 aromatic heterocycles. The molecule has 0 amide bonds. The van der Waals surface area contributed by atoms with Crippen LogP contribution in [0.15, 0.2) is 12.7 Å². The molecule has 0 aromatic rings. The Bertz CT molecular complexity index is 197. The lowest BCUT2D eigenvalue weighted by Crippen LogP contribution is -2.44. The van der Waals surface area contributed by atoms with E-state index in [0.29, 0.717) is 0 Å². The average Bonchev–Trinajstić information content (AvgIpc) is 2.40. The molecule has 2 heteroatoms. The molecular formula is C16H32N2. The summed E-state index contributed by atoms with van der Waals surface area (Å²) in [6, 6.07) is 0.749. The Morgan fingerprint density at radius 2 is 2.11 bits per heavy atom. The third-order valence-electron chi connectivity index (χ3n) is 3.81. The Morgan fingerprint density at radius 3 is 2.78 bits per heavy atom. The molecule has 18 heavy (non-hydrogen) atoms. The Morgan fingerprint density at radius 1 is 1.22 bits per heavy atom. The van der Waals surface area contributed by atoms with Gasteiger partial charge in [0.1, 0.15) is 0 Å². The van der Waals surface area contributed by atoms with Crippen LogP contribution in [-0.4, -0.2) is 37.1 Å². The van der Waals surface area contributed by atoms with E-state index in [4.69, 9.17) is 0 Å². The van der Waals surface area contributed by atoms with E-state index in [2.05, 4.69) is 23.7 Å². The predicted octanol–water partition coefficient (Wildman–Crippen LogP) is 3.59. The molecule has 1 N–H and O–H groups in total. The van der Waals surface area contributed by atoms with E-state index in [9.17, 15) is 0 Å². The SMILES string of the molecule is C=CCCCCCN(CCC)CC1CCCCN1. The first-order valence-electron chi connectivity index (χ1n) is 7.93. The summed E-state index contributed by atoms with van der Waals surface area (Å²) in [5.74, 6) is 0. The summed E-state index contributed by atoms with van der Waals surface area (Å²) in [6.45, 7) is 11.1. The minimum Gasteiger partial charge on any atom is -0.313 e. The van der Waals surface area contributed by atoms with Crippen LogP contribution in [0.4, 0.5) is 0 Å². The number of rotatable bonds is 10. The summed E-state index contributed by atoms with van der Waals surface area (Å²) in [6.07, 6.45) is 12.7. The van der Waals surface area contributed by atoms with Crippen molar-refractivity contribution in [3.8, 4) is 0 Å². The van der Waals surface area contributed by atoms with Gasteiger partial charge in [-0.3, -0.25) is 0 Å². The van der Waals surface area contributed by atoms with Gasteiger partial charge in [0.15, 0.2) is 0 Å². The normalized spacial score (nSPS) is 20.2. The van der Waals surface area contributed by atoms with Crippen molar-refractivity contribution in [3.05, 3.63) is 12.7 Å². The lowest BCUT2D eigenvalue weighted by Gasteiger charge is -2.30. The Hall–Kier alpha value is -0.340. The third-order valence-corrected chi connectivity index (χ3v) is 3.81. The topological polar surface area (TPSA) is 15.3 Å². The van der Waals surface area contributed by atoms with Crippen molar-refractivity contribution in [1.29, 1.82) is 0 Å². The second-order valence-electron chi connectivity index (χ2n) is 5.59. The fraction of sp³-hybridized carbons (Fsp3) is 0.875. The zero-order chi connectivity index (χ0) is 13.1. The number of nitrogens with one attached hydrogen (secondary N) is 1. The van der Waals surface area contributed by atoms with Crippen molar-refractivity contribution in [2.45, 2.75) is 64.3 Å². The van der Waals surface area contributed by atoms with E-state index in [-0.39, 0.29) is 0 Å². The fourth-order valence-electron chi connectivity index (χ4n) is 2.80. The van der Waals surface area contributed by atoms with Crippen molar-refractivity contribution in [1.82, 2.24) is 10.2 Å². The molecule has 1 heterocycles. The number of hydrogen-bond acceptors (Lipinski definition) is 2. The summed E-state index contributed by atoms with van der Waals surface area (Å²) in [7, 11) is 0. The number of hydrogen-bond donors (Lipinski definition) is 1. The Kier molecular flexibility index (Phi) is 9.23. The standard InChI is InChI=1S/C16H32N2/c1-3-5-6-7-10-14-18(13-4-2)15-16-11-8-9-12-17-16/h3,16-17H,1,4-15H2,2H3. The molecule has 1 atom stereocenters. The van der Waals surface area contributed by atoms with E-state index in [0.717, 1.165) is 6.04 Å². The highest BCUT2D eigenvalue weighted by molar-refractivity contribution is 4.76. The van der Waals surface area contributed by atoms with Crippen LogP contribution in [0.2, 0.25) is 0 Å². The van der Waals surface area contributed by atoms with E-state index < -0.39 is 0 Å². The average molecular weight is 252 g/mol. The van der Waals surface area contributed by atoms with Crippen molar-refractivity contribution in [2.75, 3.05) is 26.2 Å². The fourth-order valence-corrected chi connectivity index (χ4v) is 2.80. The molecule has 0 saturated carbocycles. The van der Waals surface area contributed by atoms with Gasteiger partial charge in [0, 0.05) is 12.6 Å². The Labute approximate surface area is 114 Å². The molecule has 1 saturated heterocycles. The molecule has 0 radical (unpaired) electrons. The highest BCUT2D eigenvalue weighted by atomic mass is 15.1. The maximum Gasteiger partial charge on any atom is 0.0195 e. The molecule has 0 spiro atoms. The van der Waals surface area contributed by atoms with Gasteiger partial charge >= 0.3 is 0 Å². The van der Waals surface area contributed by atoms with Crippen LogP contribution in [0.1, 0.15) is 58.3 Å². The van der Waals surface area contributed by atoms with Gasteiger partial charge in [-0.25, -0.2) is 0 Å². The van der Waals surface area contributed by atoms with Gasteiger partial charge in [0.05, 0.1) is 0 Å². The molecule has 0 aromatic carbocycles. The first kappa shape index (κ1) is 15.7. The van der Waals surface area contributed by atoms with E-state index in [1.165, 1.54) is 77.5 Å². The van der Waals surface area contributed by atoms with E-state index >= 15 is 0 Å². The van der Waals surface area contributed by atoms with Crippen LogP contribution in [0.5, 0.6) is 0 Å². The van der Waals surface area contributed by atoms with Gasteiger partial charge < -0.3 is 10.2 Å². The number of unbranched alkanes of at least 4 members (excludes halogenated alkanes) is 3. The zero-order valence-electron chi connectivity index (χ0n) is 12.3. The largest absolute Gasteiger partial charge is 0.313 e. The maximum atomic E-state index is 3.78. The third kappa shape index (κ3) is 7.17. The maximum absolute atomic E-state index is 3.78. The van der Waals surface area contributed by atoms with E-state index in [1.807, 2.05) is 6.08 Å². The van der Waals surface area contributed by atoms with Gasteiger partial charge in [-0.1, -0.05) is 25.8 Å². The van der Waals surface area contributed by atoms with Gasteiger partial charge in [0.25, 0.3) is 0 Å². The summed E-state index contributed by atoms with van der Waals surface area (Å²) < 4.78 is 0. The quantitative estimate of drug-likeness (QED) is 0.472. The van der Waals surface area contributed by atoms with Crippen molar-refractivity contribution < 1.29 is 0 Å². The van der Waals surface area contributed by atoms with Crippen molar-refractivity contribution >= 4 is 0 Å².